The van der Waals surface area contributed by atoms with Crippen molar-refractivity contribution >= 4 is 12.6 Å². The topological polar surface area (TPSA) is 40.2 Å². The Balaban J connectivity index is 2.09. The van der Waals surface area contributed by atoms with Crippen LogP contribution < -0.4 is 0 Å². The van der Waals surface area contributed by atoms with Crippen LogP contribution in [0.15, 0.2) is 0 Å². The SMILES string of the molecule is CCOCCOCC(S)CC1CN(CCOCC(C)C)CCO1. The van der Waals surface area contributed by atoms with Gasteiger partial charge in [-0.25, -0.2) is 0 Å². The van der Waals surface area contributed by atoms with Crippen LogP contribution in [0.4, 0.5) is 0 Å². The molecule has 2 atom stereocenters. The maximum Gasteiger partial charge on any atom is 0.0714 e. The summed E-state index contributed by atoms with van der Waals surface area (Å²) < 4.78 is 22.4. The molecule has 0 saturated carbocycles. The van der Waals surface area contributed by atoms with Gasteiger partial charge in [-0.15, -0.1) is 0 Å². The van der Waals surface area contributed by atoms with Gasteiger partial charge in [0.15, 0.2) is 0 Å². The van der Waals surface area contributed by atoms with E-state index >= 15 is 0 Å². The number of rotatable bonds is 13. The fourth-order valence-corrected chi connectivity index (χ4v) is 2.83. The lowest BCUT2D eigenvalue weighted by atomic mass is 10.1. The van der Waals surface area contributed by atoms with E-state index in [9.17, 15) is 0 Å². The molecule has 0 aliphatic carbocycles. The zero-order chi connectivity index (χ0) is 16.9. The first-order chi connectivity index (χ1) is 11.1. The number of thiol groups is 1. The predicted octanol–water partition coefficient (Wildman–Crippen LogP) is 2.10. The number of nitrogens with zero attached hydrogens (tertiary/aromatic N) is 1. The second kappa shape index (κ2) is 13.4. The van der Waals surface area contributed by atoms with E-state index in [2.05, 4.69) is 31.4 Å². The first-order valence-corrected chi connectivity index (χ1v) is 9.38. The summed E-state index contributed by atoms with van der Waals surface area (Å²) in [5.41, 5.74) is 0. The van der Waals surface area contributed by atoms with E-state index in [1.54, 1.807) is 0 Å². The summed E-state index contributed by atoms with van der Waals surface area (Å²) in [6, 6.07) is 0. The molecule has 0 spiro atoms. The first-order valence-electron chi connectivity index (χ1n) is 8.87. The lowest BCUT2D eigenvalue weighted by Gasteiger charge is -2.33. The molecule has 1 aliphatic rings. The first kappa shape index (κ1) is 21.2. The zero-order valence-electron chi connectivity index (χ0n) is 15.0. The van der Waals surface area contributed by atoms with Crippen molar-refractivity contribution in [2.45, 2.75) is 38.5 Å². The van der Waals surface area contributed by atoms with E-state index in [1.807, 2.05) is 6.92 Å². The van der Waals surface area contributed by atoms with Crippen molar-refractivity contribution in [2.75, 3.05) is 65.9 Å². The third-order valence-electron chi connectivity index (χ3n) is 3.65. The van der Waals surface area contributed by atoms with Gasteiger partial charge in [0.2, 0.25) is 0 Å². The van der Waals surface area contributed by atoms with Crippen LogP contribution in [0.1, 0.15) is 27.2 Å². The van der Waals surface area contributed by atoms with Crippen LogP contribution in [-0.2, 0) is 18.9 Å². The third kappa shape index (κ3) is 11.3. The molecule has 1 saturated heterocycles. The van der Waals surface area contributed by atoms with Crippen LogP contribution in [-0.4, -0.2) is 82.1 Å². The molecule has 1 rings (SSSR count). The normalized spacial score (nSPS) is 21.0. The zero-order valence-corrected chi connectivity index (χ0v) is 15.9. The molecule has 1 fully saturated rings. The molecule has 23 heavy (non-hydrogen) atoms. The Morgan fingerprint density at radius 3 is 2.61 bits per heavy atom. The predicted molar refractivity (Wildman–Crippen MR) is 96.5 cm³/mol. The van der Waals surface area contributed by atoms with Crippen molar-refractivity contribution in [3.8, 4) is 0 Å². The van der Waals surface area contributed by atoms with Crippen LogP contribution in [0.5, 0.6) is 0 Å². The maximum absolute atomic E-state index is 5.86. The van der Waals surface area contributed by atoms with Crippen LogP contribution in [0, 0.1) is 5.92 Å². The summed E-state index contributed by atoms with van der Waals surface area (Å²) in [7, 11) is 0. The van der Waals surface area contributed by atoms with Crippen LogP contribution in [0.25, 0.3) is 0 Å². The quantitative estimate of drug-likeness (QED) is 0.407. The molecule has 0 N–H and O–H groups in total. The average molecular weight is 350 g/mol. The molecule has 6 heteroatoms. The van der Waals surface area contributed by atoms with E-state index in [1.165, 1.54) is 0 Å². The highest BCUT2D eigenvalue weighted by molar-refractivity contribution is 7.81. The number of morpholine rings is 1. The summed E-state index contributed by atoms with van der Waals surface area (Å²) in [6.07, 6.45) is 1.16. The van der Waals surface area contributed by atoms with E-state index < -0.39 is 0 Å². The summed E-state index contributed by atoms with van der Waals surface area (Å²) in [5, 5.41) is 0.207. The Labute approximate surface area is 147 Å². The van der Waals surface area contributed by atoms with Gasteiger partial charge in [-0.3, -0.25) is 4.90 Å². The molecule has 0 aromatic carbocycles. The smallest absolute Gasteiger partial charge is 0.0714 e. The summed E-state index contributed by atoms with van der Waals surface area (Å²) in [5.74, 6) is 0.597. The van der Waals surface area contributed by atoms with Crippen molar-refractivity contribution in [1.82, 2.24) is 4.90 Å². The van der Waals surface area contributed by atoms with Crippen molar-refractivity contribution in [3.63, 3.8) is 0 Å². The van der Waals surface area contributed by atoms with E-state index in [0.717, 1.165) is 52.5 Å². The van der Waals surface area contributed by atoms with Gasteiger partial charge in [-0.1, -0.05) is 13.8 Å². The molecule has 2 unspecified atom stereocenters. The lowest BCUT2D eigenvalue weighted by Crippen LogP contribution is -2.44. The molecule has 0 radical (unpaired) electrons. The van der Waals surface area contributed by atoms with E-state index in [4.69, 9.17) is 18.9 Å². The van der Waals surface area contributed by atoms with Crippen LogP contribution in [0.2, 0.25) is 0 Å². The lowest BCUT2D eigenvalue weighted by molar-refractivity contribution is -0.0431. The molecule has 0 aromatic heterocycles. The summed E-state index contributed by atoms with van der Waals surface area (Å²) >= 11 is 4.61. The van der Waals surface area contributed by atoms with Crippen molar-refractivity contribution < 1.29 is 18.9 Å². The molecule has 5 nitrogen and oxygen atoms in total. The van der Waals surface area contributed by atoms with Crippen LogP contribution in [0.3, 0.4) is 0 Å². The van der Waals surface area contributed by atoms with Crippen molar-refractivity contribution in [1.29, 1.82) is 0 Å². The molecule has 1 heterocycles. The minimum Gasteiger partial charge on any atom is -0.380 e. The van der Waals surface area contributed by atoms with E-state index in [-0.39, 0.29) is 11.4 Å². The minimum atomic E-state index is 0.207. The molecule has 0 bridgehead atoms. The standard InChI is InChI=1S/C17H35NO4S/c1-4-19-9-10-21-14-17(23)11-16-12-18(6-8-22-16)5-7-20-13-15(2)3/h15-17,23H,4-14H2,1-3H3. The Kier molecular flexibility index (Phi) is 12.4. The number of hydrogen-bond donors (Lipinski definition) is 1. The second-order valence-electron chi connectivity index (χ2n) is 6.42. The van der Waals surface area contributed by atoms with Crippen molar-refractivity contribution in [2.24, 2.45) is 5.92 Å². The molecule has 1 aliphatic heterocycles. The molecule has 0 aromatic rings. The van der Waals surface area contributed by atoms with Gasteiger partial charge in [-0.05, 0) is 19.3 Å². The Morgan fingerprint density at radius 2 is 1.87 bits per heavy atom. The van der Waals surface area contributed by atoms with Crippen molar-refractivity contribution in [3.05, 3.63) is 0 Å². The molecule has 138 valence electrons. The summed E-state index contributed by atoms with van der Waals surface area (Å²) in [6.45, 7) is 14.4. The van der Waals surface area contributed by atoms with E-state index in [0.29, 0.717) is 25.7 Å². The number of ether oxygens (including phenoxy) is 4. The van der Waals surface area contributed by atoms with Gasteiger partial charge >= 0.3 is 0 Å². The Morgan fingerprint density at radius 1 is 1.13 bits per heavy atom. The van der Waals surface area contributed by atoms with Gasteiger partial charge in [-0.2, -0.15) is 12.6 Å². The largest absolute Gasteiger partial charge is 0.380 e. The summed E-state index contributed by atoms with van der Waals surface area (Å²) in [4.78, 5) is 2.42. The fourth-order valence-electron chi connectivity index (χ4n) is 2.49. The highest BCUT2D eigenvalue weighted by atomic mass is 32.1. The van der Waals surface area contributed by atoms with Gasteiger partial charge in [0.25, 0.3) is 0 Å². The maximum atomic E-state index is 5.86. The fraction of sp³-hybridized carbons (Fsp3) is 1.00. The molecular weight excluding hydrogens is 314 g/mol. The van der Waals surface area contributed by atoms with Gasteiger partial charge in [0.05, 0.1) is 39.1 Å². The molecular formula is C17H35NO4S. The minimum absolute atomic E-state index is 0.207. The van der Waals surface area contributed by atoms with Gasteiger partial charge in [0.1, 0.15) is 0 Å². The Bertz CT molecular complexity index is 281. The number of hydrogen-bond acceptors (Lipinski definition) is 6. The average Bonchev–Trinajstić information content (AvgIpc) is 2.51. The second-order valence-corrected chi connectivity index (χ2v) is 7.15. The Hall–Kier alpha value is 0.150. The highest BCUT2D eigenvalue weighted by Gasteiger charge is 2.22. The third-order valence-corrected chi connectivity index (χ3v) is 4.01. The van der Waals surface area contributed by atoms with Gasteiger partial charge in [0, 0.05) is 38.1 Å². The van der Waals surface area contributed by atoms with Crippen LogP contribution >= 0.6 is 12.6 Å². The van der Waals surface area contributed by atoms with Gasteiger partial charge < -0.3 is 18.9 Å². The highest BCUT2D eigenvalue weighted by Crippen LogP contribution is 2.14. The molecule has 0 amide bonds. The monoisotopic (exact) mass is 349 g/mol.